The first-order valence-corrected chi connectivity index (χ1v) is 6.01. The third kappa shape index (κ3) is 5.71. The van der Waals surface area contributed by atoms with Crippen LogP contribution in [0.2, 0.25) is 0 Å². The van der Waals surface area contributed by atoms with Gasteiger partial charge in [-0.25, -0.2) is 0 Å². The van der Waals surface area contributed by atoms with Crippen LogP contribution < -0.4 is 4.74 Å². The molecule has 0 radical (unpaired) electrons. The molecule has 0 bridgehead atoms. The van der Waals surface area contributed by atoms with E-state index in [9.17, 15) is 4.79 Å². The first-order valence-electron chi connectivity index (χ1n) is 5.63. The fourth-order valence-electron chi connectivity index (χ4n) is 1.42. The molecule has 0 atom stereocenters. The standard InChI is InChI=1S/C13H18ClNO2/c1-15(2)9-10-17-12-6-4-3-5-11(12)7-8-13(14)16/h3-6H,7-10H2,1-2H3. The second-order valence-electron chi connectivity index (χ2n) is 4.11. The number of ether oxygens (including phenoxy) is 1. The van der Waals surface area contributed by atoms with Crippen LogP contribution in [0, 0.1) is 0 Å². The largest absolute Gasteiger partial charge is 0.492 e. The molecule has 0 saturated heterocycles. The SMILES string of the molecule is CN(C)CCOc1ccccc1CCC(=O)Cl. The molecule has 1 aromatic rings. The van der Waals surface area contributed by atoms with Gasteiger partial charge >= 0.3 is 0 Å². The Bertz CT molecular complexity index is 366. The Kier molecular flexibility index (Phi) is 6.01. The number of carbonyl (C=O) groups is 1. The zero-order valence-corrected chi connectivity index (χ0v) is 11.0. The Morgan fingerprint density at radius 2 is 2.06 bits per heavy atom. The molecular weight excluding hydrogens is 238 g/mol. The van der Waals surface area contributed by atoms with Gasteiger partial charge in [0.2, 0.25) is 5.24 Å². The molecule has 0 spiro atoms. The summed E-state index contributed by atoms with van der Waals surface area (Å²) in [6, 6.07) is 7.75. The predicted molar refractivity (Wildman–Crippen MR) is 69.7 cm³/mol. The van der Waals surface area contributed by atoms with E-state index in [-0.39, 0.29) is 5.24 Å². The number of aryl methyl sites for hydroxylation is 1. The minimum atomic E-state index is -0.312. The smallest absolute Gasteiger partial charge is 0.221 e. The fourth-order valence-corrected chi connectivity index (χ4v) is 1.52. The van der Waals surface area contributed by atoms with Gasteiger partial charge < -0.3 is 9.64 Å². The van der Waals surface area contributed by atoms with Crippen molar-refractivity contribution < 1.29 is 9.53 Å². The van der Waals surface area contributed by atoms with Crippen LogP contribution in [0.15, 0.2) is 24.3 Å². The minimum absolute atomic E-state index is 0.312. The maximum atomic E-state index is 10.7. The number of hydrogen-bond donors (Lipinski definition) is 0. The number of rotatable bonds is 7. The molecule has 4 heteroatoms. The van der Waals surface area contributed by atoms with Gasteiger partial charge in [-0.05, 0) is 43.7 Å². The van der Waals surface area contributed by atoms with Crippen molar-refractivity contribution in [1.82, 2.24) is 4.90 Å². The quantitative estimate of drug-likeness (QED) is 0.701. The van der Waals surface area contributed by atoms with Crippen molar-refractivity contribution in [2.24, 2.45) is 0 Å². The number of para-hydroxylation sites is 1. The third-order valence-corrected chi connectivity index (χ3v) is 2.55. The summed E-state index contributed by atoms with van der Waals surface area (Å²) in [4.78, 5) is 12.8. The number of carbonyl (C=O) groups excluding carboxylic acids is 1. The van der Waals surface area contributed by atoms with E-state index in [1.807, 2.05) is 38.4 Å². The summed E-state index contributed by atoms with van der Waals surface area (Å²) in [6.07, 6.45) is 0.968. The topological polar surface area (TPSA) is 29.5 Å². The van der Waals surface area contributed by atoms with Crippen molar-refractivity contribution in [3.8, 4) is 5.75 Å². The van der Waals surface area contributed by atoms with E-state index < -0.39 is 0 Å². The van der Waals surface area contributed by atoms with Gasteiger partial charge in [0.25, 0.3) is 0 Å². The van der Waals surface area contributed by atoms with Gasteiger partial charge in [-0.15, -0.1) is 0 Å². The molecule has 0 saturated carbocycles. The monoisotopic (exact) mass is 255 g/mol. The molecule has 0 aliphatic carbocycles. The van der Waals surface area contributed by atoms with Crippen LogP contribution in [0.5, 0.6) is 5.75 Å². The summed E-state index contributed by atoms with van der Waals surface area (Å²) < 4.78 is 5.68. The van der Waals surface area contributed by atoms with E-state index >= 15 is 0 Å². The van der Waals surface area contributed by atoms with Gasteiger partial charge in [0.1, 0.15) is 12.4 Å². The van der Waals surface area contributed by atoms with Crippen LogP contribution in [-0.2, 0) is 11.2 Å². The number of benzene rings is 1. The number of likely N-dealkylation sites (N-methyl/N-ethyl adjacent to an activating group) is 1. The molecular formula is C13H18ClNO2. The molecule has 0 aliphatic heterocycles. The van der Waals surface area contributed by atoms with Crippen LogP contribution in [0.25, 0.3) is 0 Å². The lowest BCUT2D eigenvalue weighted by molar-refractivity contribution is -0.111. The number of nitrogens with zero attached hydrogens (tertiary/aromatic N) is 1. The van der Waals surface area contributed by atoms with Crippen LogP contribution in [0.3, 0.4) is 0 Å². The van der Waals surface area contributed by atoms with E-state index in [0.717, 1.165) is 17.9 Å². The Labute approximate surface area is 107 Å². The number of halogens is 1. The maximum Gasteiger partial charge on any atom is 0.221 e. The second-order valence-corrected chi connectivity index (χ2v) is 4.54. The predicted octanol–water partition coefficient (Wildman–Crippen LogP) is 2.33. The van der Waals surface area contributed by atoms with Crippen molar-refractivity contribution in [3.05, 3.63) is 29.8 Å². The summed E-state index contributed by atoms with van der Waals surface area (Å²) >= 11 is 5.34. The van der Waals surface area contributed by atoms with Crippen LogP contribution >= 0.6 is 11.6 Å². The molecule has 0 fully saturated rings. The maximum absolute atomic E-state index is 10.7. The zero-order valence-electron chi connectivity index (χ0n) is 10.3. The summed E-state index contributed by atoms with van der Waals surface area (Å²) in [6.45, 7) is 1.50. The van der Waals surface area contributed by atoms with Gasteiger partial charge in [-0.2, -0.15) is 0 Å². The molecule has 17 heavy (non-hydrogen) atoms. The second kappa shape index (κ2) is 7.30. The normalized spacial score (nSPS) is 10.6. The molecule has 3 nitrogen and oxygen atoms in total. The Balaban J connectivity index is 2.54. The lowest BCUT2D eigenvalue weighted by Crippen LogP contribution is -2.19. The first-order chi connectivity index (χ1) is 8.09. The van der Waals surface area contributed by atoms with Crippen molar-refractivity contribution >= 4 is 16.8 Å². The van der Waals surface area contributed by atoms with Crippen molar-refractivity contribution in [1.29, 1.82) is 0 Å². The van der Waals surface area contributed by atoms with E-state index in [4.69, 9.17) is 16.3 Å². The summed E-state index contributed by atoms with van der Waals surface area (Å²) in [5, 5.41) is -0.312. The van der Waals surface area contributed by atoms with Crippen LogP contribution in [0.1, 0.15) is 12.0 Å². The van der Waals surface area contributed by atoms with Crippen LogP contribution in [-0.4, -0.2) is 37.4 Å². The highest BCUT2D eigenvalue weighted by molar-refractivity contribution is 6.63. The van der Waals surface area contributed by atoms with Crippen molar-refractivity contribution in [2.75, 3.05) is 27.2 Å². The molecule has 1 aromatic carbocycles. The Hall–Kier alpha value is -1.06. The lowest BCUT2D eigenvalue weighted by Gasteiger charge is -2.13. The summed E-state index contributed by atoms with van der Waals surface area (Å²) in [7, 11) is 4.00. The van der Waals surface area contributed by atoms with Crippen molar-refractivity contribution in [2.45, 2.75) is 12.8 Å². The van der Waals surface area contributed by atoms with E-state index in [0.29, 0.717) is 19.4 Å². The van der Waals surface area contributed by atoms with E-state index in [1.54, 1.807) is 0 Å². The van der Waals surface area contributed by atoms with Gasteiger partial charge in [0.05, 0.1) is 0 Å². The van der Waals surface area contributed by atoms with Gasteiger partial charge in [0.15, 0.2) is 0 Å². The Morgan fingerprint density at radius 1 is 1.35 bits per heavy atom. The summed E-state index contributed by atoms with van der Waals surface area (Å²) in [5.41, 5.74) is 1.03. The highest BCUT2D eigenvalue weighted by Crippen LogP contribution is 2.19. The molecule has 0 unspecified atom stereocenters. The highest BCUT2D eigenvalue weighted by atomic mass is 35.5. The van der Waals surface area contributed by atoms with Gasteiger partial charge in [-0.3, -0.25) is 4.79 Å². The lowest BCUT2D eigenvalue weighted by atomic mass is 10.1. The Morgan fingerprint density at radius 3 is 2.71 bits per heavy atom. The number of hydrogen-bond acceptors (Lipinski definition) is 3. The van der Waals surface area contributed by atoms with E-state index in [2.05, 4.69) is 4.90 Å². The molecule has 1 rings (SSSR count). The fraction of sp³-hybridized carbons (Fsp3) is 0.462. The van der Waals surface area contributed by atoms with Gasteiger partial charge in [0, 0.05) is 13.0 Å². The van der Waals surface area contributed by atoms with Crippen LogP contribution in [0.4, 0.5) is 0 Å². The molecule has 0 N–H and O–H groups in total. The zero-order chi connectivity index (χ0) is 12.7. The average Bonchev–Trinajstić information content (AvgIpc) is 2.27. The van der Waals surface area contributed by atoms with Gasteiger partial charge in [-0.1, -0.05) is 18.2 Å². The minimum Gasteiger partial charge on any atom is -0.492 e. The average molecular weight is 256 g/mol. The third-order valence-electron chi connectivity index (χ3n) is 2.36. The molecule has 0 heterocycles. The molecule has 0 aromatic heterocycles. The molecule has 94 valence electrons. The van der Waals surface area contributed by atoms with Crippen molar-refractivity contribution in [3.63, 3.8) is 0 Å². The van der Waals surface area contributed by atoms with E-state index in [1.165, 1.54) is 0 Å². The first kappa shape index (κ1) is 14.0. The molecule has 0 aliphatic rings. The highest BCUT2D eigenvalue weighted by Gasteiger charge is 2.05. The summed E-state index contributed by atoms with van der Waals surface area (Å²) in [5.74, 6) is 0.840. The molecule has 0 amide bonds.